The van der Waals surface area contributed by atoms with Crippen LogP contribution in [0.2, 0.25) is 10.0 Å². The van der Waals surface area contributed by atoms with E-state index in [0.29, 0.717) is 12.2 Å². The molecule has 0 unspecified atom stereocenters. The maximum Gasteiger partial charge on any atom is 0.328 e. The van der Waals surface area contributed by atoms with Crippen molar-refractivity contribution in [1.29, 1.82) is 0 Å². The molecule has 5 nitrogen and oxygen atoms in total. The molecule has 120 valence electrons. The predicted molar refractivity (Wildman–Crippen MR) is 93.6 cm³/mol. The molecule has 0 bridgehead atoms. The molecule has 3 aromatic rings. The number of fused-ring (bicyclic) bond motifs is 1. The number of aryl methyl sites for hydroxylation is 2. The van der Waals surface area contributed by atoms with E-state index in [2.05, 4.69) is 5.32 Å². The molecular formula is C16H15Cl2N3O2. The first kappa shape index (κ1) is 15.8. The van der Waals surface area contributed by atoms with Gasteiger partial charge in [0.25, 0.3) is 0 Å². The quantitative estimate of drug-likeness (QED) is 0.710. The fourth-order valence-corrected chi connectivity index (χ4v) is 3.02. The summed E-state index contributed by atoms with van der Waals surface area (Å²) < 4.78 is 3.24. The van der Waals surface area contributed by atoms with Crippen molar-refractivity contribution < 1.29 is 5.11 Å². The molecule has 0 aliphatic heterocycles. The SMILES string of the molecule is Cn1c(=O)n(C)c2cc(CNc3cc(Cl)c(O)c(Cl)c3)ccc21. The Labute approximate surface area is 142 Å². The number of aromatic nitrogens is 2. The van der Waals surface area contributed by atoms with Gasteiger partial charge in [0.2, 0.25) is 0 Å². The van der Waals surface area contributed by atoms with Crippen LogP contribution in [0.4, 0.5) is 5.69 Å². The highest BCUT2D eigenvalue weighted by molar-refractivity contribution is 6.37. The molecule has 2 N–H and O–H groups in total. The van der Waals surface area contributed by atoms with Gasteiger partial charge in [-0.15, -0.1) is 0 Å². The van der Waals surface area contributed by atoms with Crippen molar-refractivity contribution in [1.82, 2.24) is 9.13 Å². The van der Waals surface area contributed by atoms with Gasteiger partial charge < -0.3 is 10.4 Å². The third-order valence-corrected chi connectivity index (χ3v) is 4.43. The van der Waals surface area contributed by atoms with E-state index in [1.165, 1.54) is 0 Å². The van der Waals surface area contributed by atoms with Gasteiger partial charge in [0, 0.05) is 26.3 Å². The first-order valence-corrected chi connectivity index (χ1v) is 7.70. The first-order valence-electron chi connectivity index (χ1n) is 6.94. The summed E-state index contributed by atoms with van der Waals surface area (Å²) in [4.78, 5) is 11.9. The van der Waals surface area contributed by atoms with Gasteiger partial charge in [-0.3, -0.25) is 9.13 Å². The van der Waals surface area contributed by atoms with Gasteiger partial charge >= 0.3 is 5.69 Å². The molecule has 0 aliphatic carbocycles. The van der Waals surface area contributed by atoms with Gasteiger partial charge in [-0.05, 0) is 29.8 Å². The summed E-state index contributed by atoms with van der Waals surface area (Å²) in [6.45, 7) is 0.538. The van der Waals surface area contributed by atoms with Crippen LogP contribution in [0, 0.1) is 0 Å². The third kappa shape index (κ3) is 2.78. The van der Waals surface area contributed by atoms with Crippen molar-refractivity contribution in [3.63, 3.8) is 0 Å². The molecule has 0 radical (unpaired) electrons. The number of hydrogen-bond acceptors (Lipinski definition) is 3. The van der Waals surface area contributed by atoms with Crippen molar-refractivity contribution in [2.24, 2.45) is 14.1 Å². The Balaban J connectivity index is 1.88. The third-order valence-electron chi connectivity index (χ3n) is 3.85. The number of phenolic OH excluding ortho intramolecular Hbond substituents is 1. The summed E-state index contributed by atoms with van der Waals surface area (Å²) in [5, 5.41) is 13.2. The second-order valence-corrected chi connectivity index (χ2v) is 6.18. The van der Waals surface area contributed by atoms with Crippen LogP contribution in [0.5, 0.6) is 5.75 Å². The van der Waals surface area contributed by atoms with E-state index in [9.17, 15) is 9.90 Å². The molecule has 0 saturated heterocycles. The number of imidazole rings is 1. The van der Waals surface area contributed by atoms with Crippen molar-refractivity contribution in [3.8, 4) is 5.75 Å². The van der Waals surface area contributed by atoms with Crippen molar-refractivity contribution >= 4 is 39.9 Å². The topological polar surface area (TPSA) is 59.2 Å². The van der Waals surface area contributed by atoms with Crippen LogP contribution in [-0.2, 0) is 20.6 Å². The van der Waals surface area contributed by atoms with Crippen molar-refractivity contribution in [3.05, 3.63) is 56.4 Å². The standard InChI is InChI=1S/C16H15Cl2N3O2/c1-20-13-4-3-9(5-14(13)21(2)16(20)23)8-19-10-6-11(17)15(22)12(18)7-10/h3-7,19,22H,8H2,1-2H3. The van der Waals surface area contributed by atoms with Gasteiger partial charge in [0.05, 0.1) is 21.1 Å². The van der Waals surface area contributed by atoms with E-state index in [4.69, 9.17) is 23.2 Å². The van der Waals surface area contributed by atoms with E-state index < -0.39 is 0 Å². The second-order valence-electron chi connectivity index (χ2n) is 5.37. The molecule has 0 amide bonds. The lowest BCUT2D eigenvalue weighted by molar-refractivity contribution is 0.476. The number of halogens is 2. The van der Waals surface area contributed by atoms with Gasteiger partial charge in [0.1, 0.15) is 0 Å². The molecule has 7 heteroatoms. The minimum Gasteiger partial charge on any atom is -0.505 e. The van der Waals surface area contributed by atoms with Crippen molar-refractivity contribution in [2.45, 2.75) is 6.54 Å². The Morgan fingerprint density at radius 1 is 1.04 bits per heavy atom. The molecule has 3 rings (SSSR count). The Hall–Kier alpha value is -2.11. The highest BCUT2D eigenvalue weighted by Crippen LogP contribution is 2.34. The number of anilines is 1. The number of hydrogen-bond donors (Lipinski definition) is 2. The smallest absolute Gasteiger partial charge is 0.328 e. The number of rotatable bonds is 3. The number of benzene rings is 2. The normalized spacial score (nSPS) is 11.1. The van der Waals surface area contributed by atoms with E-state index in [1.54, 1.807) is 35.4 Å². The molecule has 0 saturated carbocycles. The van der Waals surface area contributed by atoms with Crippen molar-refractivity contribution in [2.75, 3.05) is 5.32 Å². The van der Waals surface area contributed by atoms with Crippen LogP contribution in [0.25, 0.3) is 11.0 Å². The molecular weight excluding hydrogens is 337 g/mol. The Morgan fingerprint density at radius 2 is 1.65 bits per heavy atom. The molecule has 1 aromatic heterocycles. The summed E-state index contributed by atoms with van der Waals surface area (Å²) >= 11 is 11.8. The van der Waals surface area contributed by atoms with Gasteiger partial charge in [-0.1, -0.05) is 29.3 Å². The number of nitrogens with zero attached hydrogens (tertiary/aromatic N) is 2. The molecule has 0 fully saturated rings. The van der Waals surface area contributed by atoms with E-state index in [-0.39, 0.29) is 21.5 Å². The molecule has 0 spiro atoms. The molecule has 23 heavy (non-hydrogen) atoms. The van der Waals surface area contributed by atoms with Gasteiger partial charge in [-0.2, -0.15) is 0 Å². The summed E-state index contributed by atoms with van der Waals surface area (Å²) in [5.74, 6) is -0.125. The fourth-order valence-electron chi connectivity index (χ4n) is 2.53. The molecule has 2 aromatic carbocycles. The van der Waals surface area contributed by atoms with Crippen LogP contribution in [0.3, 0.4) is 0 Å². The van der Waals surface area contributed by atoms with Crippen LogP contribution in [-0.4, -0.2) is 14.2 Å². The minimum atomic E-state index is -0.125. The van der Waals surface area contributed by atoms with Crippen LogP contribution >= 0.6 is 23.2 Å². The second kappa shape index (κ2) is 5.83. The minimum absolute atomic E-state index is 0.0535. The molecule has 0 aliphatic rings. The van der Waals surface area contributed by atoms with E-state index in [1.807, 2.05) is 18.2 Å². The first-order chi connectivity index (χ1) is 10.9. The number of phenols is 1. The maximum atomic E-state index is 11.9. The summed E-state index contributed by atoms with van der Waals surface area (Å²) in [6.07, 6.45) is 0. The molecule has 1 heterocycles. The lowest BCUT2D eigenvalue weighted by atomic mass is 10.2. The zero-order chi connectivity index (χ0) is 16.7. The maximum absolute atomic E-state index is 11.9. The van der Waals surface area contributed by atoms with Gasteiger partial charge in [-0.25, -0.2) is 4.79 Å². The monoisotopic (exact) mass is 351 g/mol. The molecule has 0 atom stereocenters. The summed E-state index contributed by atoms with van der Waals surface area (Å²) in [6, 6.07) is 9.06. The largest absolute Gasteiger partial charge is 0.505 e. The van der Waals surface area contributed by atoms with Crippen LogP contribution < -0.4 is 11.0 Å². The zero-order valence-corrected chi connectivity index (χ0v) is 14.1. The highest BCUT2D eigenvalue weighted by Gasteiger charge is 2.09. The Bertz CT molecular complexity index is 937. The summed E-state index contributed by atoms with van der Waals surface area (Å²) in [7, 11) is 3.50. The van der Waals surface area contributed by atoms with Crippen LogP contribution in [0.15, 0.2) is 35.1 Å². The average Bonchev–Trinajstić information content (AvgIpc) is 2.75. The highest BCUT2D eigenvalue weighted by atomic mass is 35.5. The van der Waals surface area contributed by atoms with E-state index >= 15 is 0 Å². The van der Waals surface area contributed by atoms with Gasteiger partial charge in [0.15, 0.2) is 5.75 Å². The zero-order valence-electron chi connectivity index (χ0n) is 12.6. The van der Waals surface area contributed by atoms with E-state index in [0.717, 1.165) is 16.6 Å². The Morgan fingerprint density at radius 3 is 2.30 bits per heavy atom. The predicted octanol–water partition coefficient (Wildman–Crippen LogP) is 3.50. The van der Waals surface area contributed by atoms with Crippen LogP contribution in [0.1, 0.15) is 5.56 Å². The fraction of sp³-hybridized carbons (Fsp3) is 0.188. The average molecular weight is 352 g/mol. The number of aromatic hydroxyl groups is 1. The number of nitrogens with one attached hydrogen (secondary N) is 1. The Kier molecular flexibility index (Phi) is 4.00. The summed E-state index contributed by atoms with van der Waals surface area (Å²) in [5.41, 5.74) is 3.43. The lowest BCUT2D eigenvalue weighted by Gasteiger charge is -2.09. The lowest BCUT2D eigenvalue weighted by Crippen LogP contribution is -2.19.